The van der Waals surface area contributed by atoms with Crippen molar-refractivity contribution in [3.05, 3.63) is 24.3 Å². The molecule has 1 saturated carbocycles. The minimum Gasteiger partial charge on any atom is -0.469 e. The fraction of sp³-hybridized carbons (Fsp3) is 0.773. The van der Waals surface area contributed by atoms with Gasteiger partial charge in [0.15, 0.2) is 0 Å². The molecule has 0 aliphatic heterocycles. The van der Waals surface area contributed by atoms with Crippen molar-refractivity contribution < 1.29 is 24.9 Å². The summed E-state index contributed by atoms with van der Waals surface area (Å²) in [5, 5.41) is 31.1. The molecule has 0 heterocycles. The summed E-state index contributed by atoms with van der Waals surface area (Å²) in [6.45, 7) is 3.93. The number of unbranched alkanes of at least 4 members (excludes halogenated alkanes) is 3. The molecule has 0 aromatic carbocycles. The number of aliphatic hydroxyl groups excluding tert-OH is 2. The van der Waals surface area contributed by atoms with Gasteiger partial charge in [0.05, 0.1) is 24.9 Å². The summed E-state index contributed by atoms with van der Waals surface area (Å²) in [6, 6.07) is 0. The molecular formula is C22H38O5. The lowest BCUT2D eigenvalue weighted by molar-refractivity contribution is -0.140. The summed E-state index contributed by atoms with van der Waals surface area (Å²) >= 11 is 0. The number of ether oxygens (including phenoxy) is 1. The van der Waals surface area contributed by atoms with Crippen LogP contribution >= 0.6 is 0 Å². The van der Waals surface area contributed by atoms with E-state index in [0.29, 0.717) is 25.7 Å². The van der Waals surface area contributed by atoms with Gasteiger partial charge in [-0.1, -0.05) is 50.5 Å². The highest BCUT2D eigenvalue weighted by Crippen LogP contribution is 2.37. The van der Waals surface area contributed by atoms with Crippen molar-refractivity contribution in [3.63, 3.8) is 0 Å². The lowest BCUT2D eigenvalue weighted by Crippen LogP contribution is -2.24. The summed E-state index contributed by atoms with van der Waals surface area (Å²) in [4.78, 5) is 11.1. The summed E-state index contributed by atoms with van der Waals surface area (Å²) in [5.41, 5.74) is -0.878. The zero-order valence-corrected chi connectivity index (χ0v) is 17.1. The van der Waals surface area contributed by atoms with E-state index in [0.717, 1.165) is 32.1 Å². The second-order valence-electron chi connectivity index (χ2n) is 7.96. The summed E-state index contributed by atoms with van der Waals surface area (Å²) in [5.74, 6) is -0.411. The van der Waals surface area contributed by atoms with Gasteiger partial charge in [-0.3, -0.25) is 4.79 Å². The van der Waals surface area contributed by atoms with Crippen LogP contribution in [0.15, 0.2) is 24.3 Å². The minimum absolute atomic E-state index is 0.0560. The van der Waals surface area contributed by atoms with E-state index >= 15 is 0 Å². The van der Waals surface area contributed by atoms with Crippen LogP contribution in [0.5, 0.6) is 0 Å². The first-order valence-electron chi connectivity index (χ1n) is 10.3. The van der Waals surface area contributed by atoms with Gasteiger partial charge in [-0.15, -0.1) is 0 Å². The van der Waals surface area contributed by atoms with E-state index in [1.54, 1.807) is 13.0 Å². The van der Waals surface area contributed by atoms with Crippen molar-refractivity contribution in [2.45, 2.75) is 89.4 Å². The van der Waals surface area contributed by atoms with E-state index in [9.17, 15) is 20.1 Å². The van der Waals surface area contributed by atoms with Crippen molar-refractivity contribution >= 4 is 5.97 Å². The standard InChI is InChI=1S/C22H38O5/c1-4-5-10-14-22(2,26)15-13-18-17(19(23)16-20(18)24)11-8-6-7-9-12-21(25)27-3/h6,8,13,15,17-20,23-24,26H,4-5,7,9-12,14,16H2,1-3H3/b8-6-,15-13+/t17-,18-,19+,20-,22?/m1/s1. The predicted octanol–water partition coefficient (Wildman–Crippen LogP) is 3.52. The lowest BCUT2D eigenvalue weighted by Gasteiger charge is -2.23. The maximum Gasteiger partial charge on any atom is 0.305 e. The molecule has 0 bridgehead atoms. The maximum atomic E-state index is 11.1. The molecule has 27 heavy (non-hydrogen) atoms. The van der Waals surface area contributed by atoms with E-state index in [2.05, 4.69) is 11.7 Å². The fourth-order valence-corrected chi connectivity index (χ4v) is 3.68. The summed E-state index contributed by atoms with van der Waals surface area (Å²) < 4.78 is 4.61. The number of carbonyl (C=O) groups is 1. The Morgan fingerprint density at radius 1 is 1.19 bits per heavy atom. The molecule has 1 unspecified atom stereocenters. The number of aliphatic hydroxyl groups is 3. The molecule has 0 radical (unpaired) electrons. The van der Waals surface area contributed by atoms with E-state index in [1.165, 1.54) is 7.11 Å². The lowest BCUT2D eigenvalue weighted by atomic mass is 9.88. The maximum absolute atomic E-state index is 11.1. The van der Waals surface area contributed by atoms with Crippen LogP contribution < -0.4 is 0 Å². The Bertz CT molecular complexity index is 483. The van der Waals surface area contributed by atoms with Gasteiger partial charge in [0.1, 0.15) is 0 Å². The third-order valence-electron chi connectivity index (χ3n) is 5.43. The monoisotopic (exact) mass is 382 g/mol. The largest absolute Gasteiger partial charge is 0.469 e. The number of esters is 1. The highest BCUT2D eigenvalue weighted by molar-refractivity contribution is 5.69. The second-order valence-corrected chi connectivity index (χ2v) is 7.96. The highest BCUT2D eigenvalue weighted by Gasteiger charge is 2.39. The number of hydrogen-bond donors (Lipinski definition) is 3. The molecule has 1 aliphatic carbocycles. The van der Waals surface area contributed by atoms with Gasteiger partial charge in [0.2, 0.25) is 0 Å². The number of hydrogen-bond acceptors (Lipinski definition) is 5. The van der Waals surface area contributed by atoms with Crippen molar-refractivity contribution in [3.8, 4) is 0 Å². The molecule has 0 aromatic rings. The summed E-state index contributed by atoms with van der Waals surface area (Å²) in [6.07, 6.45) is 13.4. The normalized spacial score (nSPS) is 28.1. The van der Waals surface area contributed by atoms with Gasteiger partial charge in [-0.25, -0.2) is 0 Å². The second kappa shape index (κ2) is 12.3. The van der Waals surface area contributed by atoms with Crippen LogP contribution in [-0.4, -0.2) is 46.2 Å². The predicted molar refractivity (Wildman–Crippen MR) is 107 cm³/mol. The third-order valence-corrected chi connectivity index (χ3v) is 5.43. The van der Waals surface area contributed by atoms with E-state index in [4.69, 9.17) is 0 Å². The van der Waals surface area contributed by atoms with Crippen molar-refractivity contribution in [2.24, 2.45) is 11.8 Å². The molecule has 3 N–H and O–H groups in total. The Morgan fingerprint density at radius 3 is 2.59 bits per heavy atom. The van der Waals surface area contributed by atoms with Gasteiger partial charge in [-0.05, 0) is 38.5 Å². The Balaban J connectivity index is 2.54. The molecule has 1 fully saturated rings. The number of methoxy groups -OCH3 is 1. The van der Waals surface area contributed by atoms with Gasteiger partial charge >= 0.3 is 5.97 Å². The van der Waals surface area contributed by atoms with Gasteiger partial charge in [0, 0.05) is 18.8 Å². The molecule has 0 amide bonds. The van der Waals surface area contributed by atoms with Crippen LogP contribution in [0.25, 0.3) is 0 Å². The number of carbonyl (C=O) groups excluding carboxylic acids is 1. The first-order chi connectivity index (χ1) is 12.8. The van der Waals surface area contributed by atoms with E-state index < -0.39 is 17.8 Å². The Labute approximate surface area is 164 Å². The smallest absolute Gasteiger partial charge is 0.305 e. The number of rotatable bonds is 12. The topological polar surface area (TPSA) is 87.0 Å². The van der Waals surface area contributed by atoms with Crippen molar-refractivity contribution in [1.82, 2.24) is 0 Å². The average Bonchev–Trinajstić information content (AvgIpc) is 2.89. The Hall–Kier alpha value is -1.17. The molecule has 5 atom stereocenters. The molecule has 1 aliphatic rings. The van der Waals surface area contributed by atoms with E-state index in [1.807, 2.05) is 18.2 Å². The highest BCUT2D eigenvalue weighted by atomic mass is 16.5. The van der Waals surface area contributed by atoms with Gasteiger partial charge in [0.25, 0.3) is 0 Å². The first kappa shape index (κ1) is 23.9. The number of allylic oxidation sites excluding steroid dienone is 2. The first-order valence-corrected chi connectivity index (χ1v) is 10.3. The quantitative estimate of drug-likeness (QED) is 0.273. The molecule has 1 rings (SSSR count). The van der Waals surface area contributed by atoms with Gasteiger partial charge in [-0.2, -0.15) is 0 Å². The third kappa shape index (κ3) is 9.04. The fourth-order valence-electron chi connectivity index (χ4n) is 3.68. The SMILES string of the molecule is CCCCCC(C)(O)/C=C/[C@@H]1[C@@H](C/C=C\CCCC(=O)OC)[C@@H](O)C[C@H]1O. The van der Waals surface area contributed by atoms with Crippen LogP contribution in [0.3, 0.4) is 0 Å². The van der Waals surface area contributed by atoms with Crippen molar-refractivity contribution in [1.29, 1.82) is 0 Å². The Kier molecular flexibility index (Phi) is 10.9. The van der Waals surface area contributed by atoms with E-state index in [-0.39, 0.29) is 17.8 Å². The van der Waals surface area contributed by atoms with Crippen LogP contribution in [-0.2, 0) is 9.53 Å². The molecule has 0 saturated heterocycles. The van der Waals surface area contributed by atoms with Crippen LogP contribution in [0, 0.1) is 11.8 Å². The molecule has 0 aromatic heterocycles. The van der Waals surface area contributed by atoms with Crippen LogP contribution in [0.1, 0.15) is 71.6 Å². The molecule has 156 valence electrons. The van der Waals surface area contributed by atoms with Crippen molar-refractivity contribution in [2.75, 3.05) is 7.11 Å². The minimum atomic E-state index is -0.878. The molecular weight excluding hydrogens is 344 g/mol. The van der Waals surface area contributed by atoms with Crippen LogP contribution in [0.4, 0.5) is 0 Å². The molecule has 5 heteroatoms. The summed E-state index contributed by atoms with van der Waals surface area (Å²) in [7, 11) is 1.39. The molecule has 0 spiro atoms. The Morgan fingerprint density at radius 2 is 1.93 bits per heavy atom. The zero-order valence-electron chi connectivity index (χ0n) is 17.1. The molecule has 5 nitrogen and oxygen atoms in total. The van der Waals surface area contributed by atoms with Gasteiger partial charge < -0.3 is 20.1 Å². The zero-order chi connectivity index (χ0) is 20.3. The average molecular weight is 383 g/mol. The van der Waals surface area contributed by atoms with Crippen LogP contribution in [0.2, 0.25) is 0 Å².